The summed E-state index contributed by atoms with van der Waals surface area (Å²) in [5, 5.41) is 0. The first kappa shape index (κ1) is 13.3. The first-order valence-corrected chi connectivity index (χ1v) is 10.9. The summed E-state index contributed by atoms with van der Waals surface area (Å²) in [5.74, 6) is 5.02. The van der Waals surface area contributed by atoms with Crippen LogP contribution in [0.3, 0.4) is 0 Å². The fourth-order valence-corrected chi connectivity index (χ4v) is 9.61. The highest BCUT2D eigenvalue weighted by atomic mass is 32.2. The Morgan fingerprint density at radius 2 is 1.84 bits per heavy atom. The minimum absolute atomic E-state index is 0.0408. The van der Waals surface area contributed by atoms with Crippen LogP contribution in [0.4, 0.5) is 0 Å². The minimum atomic E-state index is -3.33. The van der Waals surface area contributed by atoms with Gasteiger partial charge in [-0.2, -0.15) is 8.42 Å². The zero-order chi connectivity index (χ0) is 13.3. The smallest absolute Gasteiger partial charge is 0.264 e. The van der Waals surface area contributed by atoms with E-state index in [1.165, 1.54) is 43.4 Å². The van der Waals surface area contributed by atoms with Crippen LogP contribution in [0.5, 0.6) is 0 Å². The molecule has 5 atom stereocenters. The van der Waals surface area contributed by atoms with Crippen molar-refractivity contribution in [3.05, 3.63) is 0 Å². The zero-order valence-electron chi connectivity index (χ0n) is 11.1. The molecule has 1 saturated heterocycles. The van der Waals surface area contributed by atoms with Gasteiger partial charge in [0.05, 0.1) is 16.4 Å². The van der Waals surface area contributed by atoms with Gasteiger partial charge in [0.2, 0.25) is 0 Å². The van der Waals surface area contributed by atoms with Crippen LogP contribution < -0.4 is 0 Å². The fourth-order valence-electron chi connectivity index (χ4n) is 5.03. The second-order valence-electron chi connectivity index (χ2n) is 6.56. The molecule has 5 aliphatic rings. The van der Waals surface area contributed by atoms with Crippen LogP contribution in [0.1, 0.15) is 25.7 Å². The van der Waals surface area contributed by atoms with E-state index in [0.29, 0.717) is 11.8 Å². The largest absolute Gasteiger partial charge is 0.266 e. The normalized spacial score (nSPS) is 47.1. The lowest BCUT2D eigenvalue weighted by Gasteiger charge is -2.61. The molecule has 1 spiro atoms. The molecule has 0 aromatic heterocycles. The summed E-state index contributed by atoms with van der Waals surface area (Å²) in [6, 6.07) is 0. The van der Waals surface area contributed by atoms with Gasteiger partial charge in [-0.1, -0.05) is 0 Å². The predicted molar refractivity (Wildman–Crippen MR) is 79.8 cm³/mol. The summed E-state index contributed by atoms with van der Waals surface area (Å²) >= 11 is 4.20. The molecule has 4 bridgehead atoms. The van der Waals surface area contributed by atoms with E-state index < -0.39 is 10.1 Å². The van der Waals surface area contributed by atoms with Crippen molar-refractivity contribution in [2.24, 2.45) is 23.7 Å². The summed E-state index contributed by atoms with van der Waals surface area (Å²) in [4.78, 5) is 0. The Morgan fingerprint density at radius 1 is 1.11 bits per heavy atom. The standard InChI is InChI=1S/C13H20O3S3/c1-19(14,15)16-12-9-4-8-5-10(7-9)13(11(12)6-8)17-2-3-18-13/h8-12H,2-7H2,1H3. The molecule has 5 fully saturated rings. The molecule has 0 amide bonds. The zero-order valence-corrected chi connectivity index (χ0v) is 13.5. The summed E-state index contributed by atoms with van der Waals surface area (Å²) in [5.41, 5.74) is 0. The Balaban J connectivity index is 1.70. The quantitative estimate of drug-likeness (QED) is 0.732. The lowest BCUT2D eigenvalue weighted by atomic mass is 9.54. The van der Waals surface area contributed by atoms with E-state index in [-0.39, 0.29) is 10.2 Å². The third-order valence-corrected chi connectivity index (χ3v) is 9.93. The van der Waals surface area contributed by atoms with Crippen LogP contribution in [0, 0.1) is 23.7 Å². The average Bonchev–Trinajstić information content (AvgIpc) is 2.79. The van der Waals surface area contributed by atoms with Crippen molar-refractivity contribution in [3.8, 4) is 0 Å². The predicted octanol–water partition coefficient (Wildman–Crippen LogP) is 2.57. The molecule has 5 unspecified atom stereocenters. The topological polar surface area (TPSA) is 43.4 Å². The molecule has 0 N–H and O–H groups in total. The van der Waals surface area contributed by atoms with Crippen molar-refractivity contribution in [1.29, 1.82) is 0 Å². The molecular weight excluding hydrogens is 300 g/mol. The SMILES string of the molecule is CS(=O)(=O)OC1C2CC3CC(C2)C2(SCCS2)C1C3. The van der Waals surface area contributed by atoms with Crippen molar-refractivity contribution in [2.45, 2.75) is 35.9 Å². The van der Waals surface area contributed by atoms with Gasteiger partial charge in [-0.15, -0.1) is 23.5 Å². The van der Waals surface area contributed by atoms with Crippen molar-refractivity contribution in [2.75, 3.05) is 17.8 Å². The Labute approximate surface area is 123 Å². The molecule has 0 aromatic rings. The van der Waals surface area contributed by atoms with Crippen LogP contribution in [0.2, 0.25) is 0 Å². The highest BCUT2D eigenvalue weighted by Gasteiger charge is 2.63. The molecule has 1 heterocycles. The second kappa shape index (κ2) is 4.31. The molecule has 4 saturated carbocycles. The number of rotatable bonds is 2. The molecule has 6 heteroatoms. The average molecular weight is 321 g/mol. The van der Waals surface area contributed by atoms with E-state index in [0.717, 1.165) is 11.8 Å². The molecule has 0 aromatic carbocycles. The summed E-state index contributed by atoms with van der Waals surface area (Å²) in [6.07, 6.45) is 6.11. The van der Waals surface area contributed by atoms with E-state index in [1.807, 2.05) is 0 Å². The van der Waals surface area contributed by atoms with Gasteiger partial charge in [-0.3, -0.25) is 4.18 Å². The van der Waals surface area contributed by atoms with Crippen LogP contribution in [-0.4, -0.2) is 36.4 Å². The number of thioether (sulfide) groups is 2. The third kappa shape index (κ3) is 2.00. The van der Waals surface area contributed by atoms with Crippen molar-refractivity contribution in [3.63, 3.8) is 0 Å². The number of hydrogen-bond acceptors (Lipinski definition) is 5. The number of hydrogen-bond donors (Lipinski definition) is 0. The van der Waals surface area contributed by atoms with Crippen LogP contribution in [0.15, 0.2) is 0 Å². The van der Waals surface area contributed by atoms with Gasteiger partial charge in [0, 0.05) is 17.4 Å². The van der Waals surface area contributed by atoms with Crippen LogP contribution in [-0.2, 0) is 14.3 Å². The summed E-state index contributed by atoms with van der Waals surface area (Å²) in [6.45, 7) is 0. The monoisotopic (exact) mass is 320 g/mol. The Morgan fingerprint density at radius 3 is 2.53 bits per heavy atom. The lowest BCUT2D eigenvalue weighted by molar-refractivity contribution is -0.0786. The molecule has 4 aliphatic carbocycles. The van der Waals surface area contributed by atoms with Gasteiger partial charge in [-0.25, -0.2) is 0 Å². The fraction of sp³-hybridized carbons (Fsp3) is 1.00. The maximum absolute atomic E-state index is 11.6. The highest BCUT2D eigenvalue weighted by Crippen LogP contribution is 2.69. The van der Waals surface area contributed by atoms with E-state index in [2.05, 4.69) is 23.5 Å². The van der Waals surface area contributed by atoms with Gasteiger partial charge in [0.25, 0.3) is 10.1 Å². The molecule has 19 heavy (non-hydrogen) atoms. The summed E-state index contributed by atoms with van der Waals surface area (Å²) in [7, 11) is -3.33. The first-order valence-electron chi connectivity index (χ1n) is 7.14. The molecule has 1 aliphatic heterocycles. The minimum Gasteiger partial charge on any atom is -0.266 e. The van der Waals surface area contributed by atoms with Gasteiger partial charge in [0.15, 0.2) is 0 Å². The van der Waals surface area contributed by atoms with Gasteiger partial charge in [-0.05, 0) is 43.4 Å². The lowest BCUT2D eigenvalue weighted by Crippen LogP contribution is -2.60. The van der Waals surface area contributed by atoms with E-state index in [1.54, 1.807) is 0 Å². The van der Waals surface area contributed by atoms with Gasteiger partial charge >= 0.3 is 0 Å². The molecule has 0 radical (unpaired) electrons. The molecular formula is C13H20O3S3. The first-order chi connectivity index (χ1) is 8.98. The van der Waals surface area contributed by atoms with Gasteiger partial charge in [0.1, 0.15) is 0 Å². The van der Waals surface area contributed by atoms with Crippen LogP contribution >= 0.6 is 23.5 Å². The maximum Gasteiger partial charge on any atom is 0.264 e. The Hall–Kier alpha value is 0.610. The van der Waals surface area contributed by atoms with E-state index >= 15 is 0 Å². The molecule has 3 nitrogen and oxygen atoms in total. The third-order valence-electron chi connectivity index (χ3n) is 5.40. The van der Waals surface area contributed by atoms with E-state index in [4.69, 9.17) is 4.18 Å². The van der Waals surface area contributed by atoms with Crippen molar-refractivity contribution >= 4 is 33.6 Å². The second-order valence-corrected chi connectivity index (χ2v) is 11.2. The van der Waals surface area contributed by atoms with Crippen molar-refractivity contribution < 1.29 is 12.6 Å². The van der Waals surface area contributed by atoms with Gasteiger partial charge < -0.3 is 0 Å². The maximum atomic E-state index is 11.6. The van der Waals surface area contributed by atoms with Crippen molar-refractivity contribution in [1.82, 2.24) is 0 Å². The Kier molecular flexibility index (Phi) is 3.01. The molecule has 5 rings (SSSR count). The Bertz CT molecular complexity index is 483. The molecule has 108 valence electrons. The highest BCUT2D eigenvalue weighted by molar-refractivity contribution is 8.21. The summed E-state index contributed by atoms with van der Waals surface area (Å²) < 4.78 is 29.0. The van der Waals surface area contributed by atoms with Crippen LogP contribution in [0.25, 0.3) is 0 Å². The van der Waals surface area contributed by atoms with E-state index in [9.17, 15) is 8.42 Å².